The summed E-state index contributed by atoms with van der Waals surface area (Å²) in [5, 5.41) is 3.06. The van der Waals surface area contributed by atoms with Crippen LogP contribution in [-0.2, 0) is 14.8 Å². The van der Waals surface area contributed by atoms with E-state index in [1.54, 1.807) is 0 Å². The van der Waals surface area contributed by atoms with E-state index >= 15 is 0 Å². The summed E-state index contributed by atoms with van der Waals surface area (Å²) in [5.74, 6) is 0.320. The smallest absolute Gasteiger partial charge is 0.360 e. The van der Waals surface area contributed by atoms with Crippen molar-refractivity contribution in [3.63, 3.8) is 0 Å². The number of sulfonamides is 1. The van der Waals surface area contributed by atoms with Crippen LogP contribution in [0.2, 0.25) is 0 Å². The molecule has 2 fully saturated rings. The number of fused-ring (bicyclic) bond motifs is 2. The van der Waals surface area contributed by atoms with Crippen LogP contribution < -0.4 is 4.72 Å². The molecule has 0 unspecified atom stereocenters. The molecule has 0 saturated heterocycles. The Bertz CT molecular complexity index is 624. The number of hydrogen-bond acceptors (Lipinski definition) is 6. The fraction of sp³-hybridized carbons (Fsp3) is 0.667. The summed E-state index contributed by atoms with van der Waals surface area (Å²) in [6.07, 6.45) is 4.23. The first-order chi connectivity index (χ1) is 9.49. The zero-order valence-corrected chi connectivity index (χ0v) is 11.9. The average molecular weight is 300 g/mol. The second kappa shape index (κ2) is 4.85. The zero-order chi connectivity index (χ0) is 14.3. The molecule has 0 aliphatic heterocycles. The van der Waals surface area contributed by atoms with Gasteiger partial charge in [-0.2, -0.15) is 0 Å². The molecular weight excluding hydrogens is 284 g/mol. The lowest BCUT2D eigenvalue weighted by molar-refractivity contribution is 0.0588. The van der Waals surface area contributed by atoms with Gasteiger partial charge in [-0.1, -0.05) is 11.6 Å². The third kappa shape index (κ3) is 2.33. The molecule has 0 amide bonds. The van der Waals surface area contributed by atoms with E-state index in [0.29, 0.717) is 11.8 Å². The SMILES string of the molecule is COC(=O)c1cc(S(=O)(=O)N[C@H]2C[C@H]3CC[C@@H]2C3)on1. The molecule has 2 saturated carbocycles. The molecule has 1 aromatic heterocycles. The fourth-order valence-electron chi connectivity index (χ4n) is 3.23. The maximum atomic E-state index is 12.2. The predicted molar refractivity (Wildman–Crippen MR) is 67.4 cm³/mol. The number of carbonyl (C=O) groups is 1. The molecule has 1 N–H and O–H groups in total. The van der Waals surface area contributed by atoms with E-state index in [-0.39, 0.29) is 16.8 Å². The first kappa shape index (κ1) is 13.6. The van der Waals surface area contributed by atoms with Crippen molar-refractivity contribution in [3.8, 4) is 0 Å². The molecule has 0 aromatic carbocycles. The Balaban J connectivity index is 1.75. The second-order valence-corrected chi connectivity index (χ2v) is 7.07. The molecule has 110 valence electrons. The van der Waals surface area contributed by atoms with E-state index in [9.17, 15) is 13.2 Å². The van der Waals surface area contributed by atoms with Gasteiger partial charge < -0.3 is 9.26 Å². The summed E-state index contributed by atoms with van der Waals surface area (Å²) in [5.41, 5.74) is -0.152. The minimum absolute atomic E-state index is 0.0366. The van der Waals surface area contributed by atoms with Gasteiger partial charge in [-0.25, -0.2) is 17.9 Å². The highest BCUT2D eigenvalue weighted by atomic mass is 32.2. The third-order valence-corrected chi connectivity index (χ3v) is 5.53. The van der Waals surface area contributed by atoms with E-state index in [2.05, 4.69) is 14.6 Å². The van der Waals surface area contributed by atoms with Crippen molar-refractivity contribution < 1.29 is 22.5 Å². The van der Waals surface area contributed by atoms with Gasteiger partial charge in [0.05, 0.1) is 7.11 Å². The lowest BCUT2D eigenvalue weighted by atomic mass is 9.96. The quantitative estimate of drug-likeness (QED) is 0.830. The summed E-state index contributed by atoms with van der Waals surface area (Å²) in [7, 11) is -2.58. The summed E-state index contributed by atoms with van der Waals surface area (Å²) in [6.45, 7) is 0. The second-order valence-electron chi connectivity index (χ2n) is 5.43. The van der Waals surface area contributed by atoms with Gasteiger partial charge in [0.15, 0.2) is 5.69 Å². The molecule has 7 nitrogen and oxygen atoms in total. The van der Waals surface area contributed by atoms with Crippen molar-refractivity contribution in [2.75, 3.05) is 7.11 Å². The Morgan fingerprint density at radius 2 is 2.25 bits per heavy atom. The molecule has 20 heavy (non-hydrogen) atoms. The number of rotatable bonds is 4. The van der Waals surface area contributed by atoms with Crippen LogP contribution in [0.25, 0.3) is 0 Å². The number of carbonyl (C=O) groups excluding carboxylic acids is 1. The van der Waals surface area contributed by atoms with Crippen LogP contribution >= 0.6 is 0 Å². The molecular formula is C12H16N2O5S. The van der Waals surface area contributed by atoms with Crippen LogP contribution in [-0.4, -0.2) is 32.7 Å². The predicted octanol–water partition coefficient (Wildman–Crippen LogP) is 0.928. The maximum absolute atomic E-state index is 12.2. The average Bonchev–Trinajstić information content (AvgIpc) is 3.12. The summed E-state index contributed by atoms with van der Waals surface area (Å²) < 4.78 is 36.2. The molecule has 1 aromatic rings. The minimum atomic E-state index is -3.77. The van der Waals surface area contributed by atoms with Crippen molar-refractivity contribution in [3.05, 3.63) is 11.8 Å². The lowest BCUT2D eigenvalue weighted by Crippen LogP contribution is -2.38. The topological polar surface area (TPSA) is 98.5 Å². The number of esters is 1. The third-order valence-electron chi connectivity index (χ3n) is 4.19. The number of nitrogens with zero attached hydrogens (tertiary/aromatic N) is 1. The molecule has 0 spiro atoms. The number of ether oxygens (including phenoxy) is 1. The van der Waals surface area contributed by atoms with Crippen LogP contribution in [0, 0.1) is 11.8 Å². The van der Waals surface area contributed by atoms with Crippen molar-refractivity contribution in [1.29, 1.82) is 0 Å². The summed E-state index contributed by atoms with van der Waals surface area (Å²) in [6, 6.07) is 1.05. The Kier molecular flexibility index (Phi) is 3.29. The first-order valence-electron chi connectivity index (χ1n) is 6.57. The molecule has 1 heterocycles. The van der Waals surface area contributed by atoms with E-state index in [1.807, 2.05) is 0 Å². The molecule has 3 atom stereocenters. The zero-order valence-electron chi connectivity index (χ0n) is 11.0. The van der Waals surface area contributed by atoms with Crippen LogP contribution in [0.1, 0.15) is 36.2 Å². The highest BCUT2D eigenvalue weighted by Gasteiger charge is 2.42. The Hall–Kier alpha value is -1.41. The summed E-state index contributed by atoms with van der Waals surface area (Å²) in [4.78, 5) is 11.2. The molecule has 8 heteroatoms. The fourth-order valence-corrected chi connectivity index (χ4v) is 4.44. The Morgan fingerprint density at radius 1 is 1.45 bits per heavy atom. The number of hydrogen-bond donors (Lipinski definition) is 1. The monoisotopic (exact) mass is 300 g/mol. The van der Waals surface area contributed by atoms with Crippen LogP contribution in [0.4, 0.5) is 0 Å². The van der Waals surface area contributed by atoms with Gasteiger partial charge in [-0.05, 0) is 31.1 Å². The van der Waals surface area contributed by atoms with Crippen molar-refractivity contribution in [2.45, 2.75) is 36.8 Å². The molecule has 0 radical (unpaired) electrons. The van der Waals surface area contributed by atoms with Crippen molar-refractivity contribution >= 4 is 16.0 Å². The van der Waals surface area contributed by atoms with E-state index in [1.165, 1.54) is 13.5 Å². The Morgan fingerprint density at radius 3 is 2.85 bits per heavy atom. The van der Waals surface area contributed by atoms with Crippen LogP contribution in [0.15, 0.2) is 15.7 Å². The standard InChI is InChI=1S/C12H16N2O5S/c1-18-12(15)10-6-11(19-13-10)20(16,17)14-9-5-7-2-3-8(9)4-7/h6-9,14H,2-5H2,1H3/t7-,8+,9-/m0/s1. The number of methoxy groups -OCH3 is 1. The lowest BCUT2D eigenvalue weighted by Gasteiger charge is -2.21. The van der Waals surface area contributed by atoms with Crippen molar-refractivity contribution in [2.24, 2.45) is 11.8 Å². The van der Waals surface area contributed by atoms with Gasteiger partial charge in [0.25, 0.3) is 15.1 Å². The van der Waals surface area contributed by atoms with E-state index in [0.717, 1.165) is 25.3 Å². The molecule has 2 bridgehead atoms. The molecule has 2 aliphatic carbocycles. The van der Waals surface area contributed by atoms with Crippen LogP contribution in [0.5, 0.6) is 0 Å². The largest absolute Gasteiger partial charge is 0.464 e. The first-order valence-corrected chi connectivity index (χ1v) is 8.05. The number of nitrogens with one attached hydrogen (secondary N) is 1. The van der Waals surface area contributed by atoms with Gasteiger partial charge in [0, 0.05) is 12.1 Å². The van der Waals surface area contributed by atoms with E-state index < -0.39 is 16.0 Å². The molecule has 3 rings (SSSR count). The molecule has 2 aliphatic rings. The Labute approximate surface area is 116 Å². The highest BCUT2D eigenvalue weighted by molar-refractivity contribution is 7.89. The van der Waals surface area contributed by atoms with E-state index in [4.69, 9.17) is 4.52 Å². The highest BCUT2D eigenvalue weighted by Crippen LogP contribution is 2.44. The normalized spacial score (nSPS) is 28.8. The van der Waals surface area contributed by atoms with Gasteiger partial charge in [-0.15, -0.1) is 0 Å². The maximum Gasteiger partial charge on any atom is 0.360 e. The van der Waals surface area contributed by atoms with Gasteiger partial charge in [0.1, 0.15) is 0 Å². The minimum Gasteiger partial charge on any atom is -0.464 e. The number of aromatic nitrogens is 1. The van der Waals surface area contributed by atoms with Crippen molar-refractivity contribution in [1.82, 2.24) is 9.88 Å². The summed E-state index contributed by atoms with van der Waals surface area (Å²) >= 11 is 0. The van der Waals surface area contributed by atoms with Gasteiger partial charge >= 0.3 is 5.97 Å². The van der Waals surface area contributed by atoms with Gasteiger partial charge in [-0.3, -0.25) is 0 Å². The van der Waals surface area contributed by atoms with Crippen LogP contribution in [0.3, 0.4) is 0 Å². The van der Waals surface area contributed by atoms with Gasteiger partial charge in [0.2, 0.25) is 0 Å².